The largest absolute Gasteiger partial charge is 0.513 e. The Morgan fingerprint density at radius 1 is 0.527 bits per heavy atom. The third-order valence-corrected chi connectivity index (χ3v) is 14.7. The minimum absolute atomic E-state index is 0.0414. The minimum atomic E-state index is -1.01. The number of hydrogen-bond donors (Lipinski definition) is 1. The molecule has 1 N–H and O–H groups in total. The molecule has 1 rings (SSSR count). The lowest BCUT2D eigenvalue weighted by Crippen LogP contribution is -2.35. The van der Waals surface area contributed by atoms with Gasteiger partial charge in [0.2, 0.25) is 0 Å². The van der Waals surface area contributed by atoms with Gasteiger partial charge in [0, 0.05) is 37.4 Å². The van der Waals surface area contributed by atoms with Crippen LogP contribution in [0, 0.1) is 0 Å². The van der Waals surface area contributed by atoms with E-state index >= 15 is 0 Å². The maximum absolute atomic E-state index is 12.9. The number of nitrogens with one attached hydrogen (secondary N) is 1. The molecule has 0 heterocycles. The predicted molar refractivity (Wildman–Crippen MR) is 305 cm³/mol. The smallest absolute Gasteiger partial charge is 0.465 e. The van der Waals surface area contributed by atoms with Gasteiger partial charge in [-0.25, -0.2) is 9.59 Å². The number of nitrogens with zero attached hydrogens (tertiary/aromatic N) is 1. The van der Waals surface area contributed by atoms with Crippen LogP contribution in [0.3, 0.4) is 0 Å². The molecule has 15 heteroatoms. The van der Waals surface area contributed by atoms with Gasteiger partial charge in [-0.15, -0.1) is 0 Å². The van der Waals surface area contributed by atoms with Gasteiger partial charge in [-0.2, -0.15) is 0 Å². The van der Waals surface area contributed by atoms with Crippen LogP contribution in [-0.2, 0) is 44.5 Å². The highest BCUT2D eigenvalue weighted by atomic mass is 33.1. The van der Waals surface area contributed by atoms with Crippen LogP contribution in [0.15, 0.2) is 48.6 Å². The molecule has 424 valence electrons. The zero-order valence-electron chi connectivity index (χ0n) is 46.5. The number of benzene rings is 1. The Morgan fingerprint density at radius 3 is 1.50 bits per heavy atom. The molecule has 0 bridgehead atoms. The molecule has 0 spiro atoms. The zero-order valence-corrected chi connectivity index (χ0v) is 48.2. The Labute approximate surface area is 456 Å². The zero-order chi connectivity index (χ0) is 53.8. The van der Waals surface area contributed by atoms with Gasteiger partial charge < -0.3 is 38.6 Å². The van der Waals surface area contributed by atoms with Crippen molar-refractivity contribution in [3.63, 3.8) is 0 Å². The summed E-state index contributed by atoms with van der Waals surface area (Å²) in [4.78, 5) is 64.8. The van der Waals surface area contributed by atoms with E-state index in [-0.39, 0.29) is 63.4 Å². The monoisotopic (exact) mass is 1080 g/mol. The van der Waals surface area contributed by atoms with Crippen molar-refractivity contribution in [3.8, 4) is 5.75 Å². The summed E-state index contributed by atoms with van der Waals surface area (Å²) < 4.78 is 32.4. The maximum Gasteiger partial charge on any atom is 0.513 e. The van der Waals surface area contributed by atoms with E-state index in [1.54, 1.807) is 24.3 Å². The van der Waals surface area contributed by atoms with Gasteiger partial charge in [0.1, 0.15) is 32.2 Å². The molecule has 1 aromatic carbocycles. The summed E-state index contributed by atoms with van der Waals surface area (Å²) >= 11 is 0. The van der Waals surface area contributed by atoms with Crippen molar-refractivity contribution in [1.82, 2.24) is 10.2 Å². The van der Waals surface area contributed by atoms with Crippen LogP contribution in [0.5, 0.6) is 5.75 Å². The number of rotatable bonds is 50. The molecule has 0 aromatic heterocycles. The van der Waals surface area contributed by atoms with Crippen molar-refractivity contribution in [1.29, 1.82) is 0 Å². The summed E-state index contributed by atoms with van der Waals surface area (Å²) in [5.74, 6) is 0.191. The molecular formula is C59H100N2O11S2. The van der Waals surface area contributed by atoms with Crippen LogP contribution >= 0.6 is 21.6 Å². The third-order valence-electron chi connectivity index (χ3n) is 12.4. The van der Waals surface area contributed by atoms with Gasteiger partial charge in [0.15, 0.2) is 6.10 Å². The van der Waals surface area contributed by atoms with Crippen molar-refractivity contribution in [2.75, 3.05) is 64.1 Å². The first-order valence-corrected chi connectivity index (χ1v) is 31.3. The van der Waals surface area contributed by atoms with Gasteiger partial charge in [-0.3, -0.25) is 14.4 Å². The summed E-state index contributed by atoms with van der Waals surface area (Å²) in [6.07, 6.45) is 37.5. The maximum atomic E-state index is 12.9. The van der Waals surface area contributed by atoms with Crippen molar-refractivity contribution < 1.29 is 52.4 Å². The van der Waals surface area contributed by atoms with Gasteiger partial charge in [-0.1, -0.05) is 188 Å². The van der Waals surface area contributed by atoms with E-state index in [1.807, 2.05) is 0 Å². The van der Waals surface area contributed by atoms with Crippen LogP contribution in [0.2, 0.25) is 0 Å². The molecule has 1 amide bonds. The van der Waals surface area contributed by atoms with Crippen LogP contribution in [-0.4, -0.2) is 105 Å². The molecule has 74 heavy (non-hydrogen) atoms. The van der Waals surface area contributed by atoms with Crippen LogP contribution < -0.4 is 10.1 Å². The van der Waals surface area contributed by atoms with E-state index < -0.39 is 24.3 Å². The van der Waals surface area contributed by atoms with Gasteiger partial charge in [0.05, 0.1) is 6.42 Å². The van der Waals surface area contributed by atoms with Crippen molar-refractivity contribution in [2.45, 2.75) is 220 Å². The van der Waals surface area contributed by atoms with Crippen molar-refractivity contribution in [2.24, 2.45) is 0 Å². The quantitative estimate of drug-likeness (QED) is 0.0164. The van der Waals surface area contributed by atoms with Crippen LogP contribution in [0.4, 0.5) is 9.59 Å². The molecule has 0 fully saturated rings. The first-order valence-electron chi connectivity index (χ1n) is 28.8. The Hall–Kier alpha value is -3.69. The van der Waals surface area contributed by atoms with Crippen LogP contribution in [0.25, 0.3) is 0 Å². The van der Waals surface area contributed by atoms with Crippen molar-refractivity contribution >= 4 is 51.7 Å². The minimum Gasteiger partial charge on any atom is -0.465 e. The molecule has 0 saturated heterocycles. The highest BCUT2D eigenvalue weighted by Gasteiger charge is 2.21. The Bertz CT molecular complexity index is 1590. The lowest BCUT2D eigenvalue weighted by atomic mass is 10.1. The average molecular weight is 1080 g/mol. The SMILES string of the molecule is CCCCCCCC/C=C\CCCCCCCC(=O)OCC(COC(=O)Oc1ccc(CC(=O)OCCSSCCOC(=O)NCCN(CC)CC)cc1)OC(=O)CCCCCCC/C=C\CCCCCCCC. The van der Waals surface area contributed by atoms with Gasteiger partial charge in [0.25, 0.3) is 0 Å². The van der Waals surface area contributed by atoms with E-state index in [9.17, 15) is 24.0 Å². The van der Waals surface area contributed by atoms with E-state index in [4.69, 9.17) is 28.4 Å². The number of carbonyl (C=O) groups is 5. The molecule has 0 aliphatic rings. The molecule has 1 aromatic rings. The normalized spacial score (nSPS) is 11.8. The number of amides is 1. The molecule has 1 unspecified atom stereocenters. The van der Waals surface area contributed by atoms with E-state index in [0.717, 1.165) is 90.3 Å². The Morgan fingerprint density at radius 2 is 0.986 bits per heavy atom. The number of hydrogen-bond acceptors (Lipinski definition) is 14. The topological polar surface area (TPSA) is 156 Å². The van der Waals surface area contributed by atoms with E-state index in [2.05, 4.69) is 62.2 Å². The number of unbranched alkanes of at least 4 members (excludes halogenated alkanes) is 22. The highest BCUT2D eigenvalue weighted by Crippen LogP contribution is 2.21. The molecule has 1 atom stereocenters. The van der Waals surface area contributed by atoms with Crippen LogP contribution in [0.1, 0.15) is 213 Å². The summed E-state index contributed by atoms with van der Waals surface area (Å²) in [6, 6.07) is 6.41. The predicted octanol–water partition coefficient (Wildman–Crippen LogP) is 15.3. The fourth-order valence-corrected chi connectivity index (χ4v) is 9.52. The fourth-order valence-electron chi connectivity index (χ4n) is 7.86. The molecule has 0 aliphatic heterocycles. The second-order valence-corrected chi connectivity index (χ2v) is 21.6. The summed E-state index contributed by atoms with van der Waals surface area (Å²) in [5, 5.41) is 2.76. The number of carbonyl (C=O) groups excluding carboxylic acids is 5. The first kappa shape index (κ1) is 68.3. The van der Waals surface area contributed by atoms with Crippen molar-refractivity contribution in [3.05, 3.63) is 54.1 Å². The lowest BCUT2D eigenvalue weighted by Gasteiger charge is -2.18. The van der Waals surface area contributed by atoms with Gasteiger partial charge in [-0.05, 0) is 95.0 Å². The molecule has 0 radical (unpaired) electrons. The standard InChI is InChI=1S/C59H100N2O11S2/c1-5-9-11-13-15-17-19-21-23-25-27-29-31-33-35-37-55(62)69-50-54(71-56(63)38-36-34-32-30-28-26-24-22-20-18-16-14-12-10-6-2)51-70-59(66)72-53-41-39-52(40-42-53)49-57(64)67-45-47-73-74-48-46-68-58(65)60-43-44-61(7-3)8-4/h21-24,39-42,54H,5-20,25-38,43-51H2,1-4H3,(H,60,65)/b23-21-,24-22-. The lowest BCUT2D eigenvalue weighted by molar-refractivity contribution is -0.161. The fraction of sp³-hybridized carbons (Fsp3) is 0.746. The molecule has 0 saturated carbocycles. The highest BCUT2D eigenvalue weighted by molar-refractivity contribution is 8.76. The second kappa shape index (κ2) is 51.4. The molecule has 13 nitrogen and oxygen atoms in total. The number of likely N-dealkylation sites (N-methyl/N-ethyl adjacent to an activating group) is 1. The summed E-state index contributed by atoms with van der Waals surface area (Å²) in [6.45, 7) is 11.8. The average Bonchev–Trinajstić information content (AvgIpc) is 3.39. The van der Waals surface area contributed by atoms with E-state index in [0.29, 0.717) is 36.5 Å². The number of esters is 3. The Kier molecular flexibility index (Phi) is 47.5. The molecule has 0 aliphatic carbocycles. The summed E-state index contributed by atoms with van der Waals surface area (Å²) in [7, 11) is 3.07. The molecular weight excluding hydrogens is 977 g/mol. The van der Waals surface area contributed by atoms with Gasteiger partial charge >= 0.3 is 30.2 Å². The second-order valence-electron chi connectivity index (χ2n) is 18.9. The Balaban J connectivity index is 2.44. The first-order chi connectivity index (χ1) is 36.2. The number of allylic oxidation sites excluding steroid dienone is 4. The third kappa shape index (κ3) is 44.6. The number of alkyl carbamates (subject to hydrolysis) is 1. The number of ether oxygens (including phenoxy) is 6. The van der Waals surface area contributed by atoms with E-state index in [1.165, 1.54) is 105 Å². The summed E-state index contributed by atoms with van der Waals surface area (Å²) in [5.41, 5.74) is 0.673.